The molecule has 1 aliphatic carbocycles. The second-order valence-corrected chi connectivity index (χ2v) is 9.61. The maximum absolute atomic E-state index is 13.2. The van der Waals surface area contributed by atoms with E-state index in [1.807, 2.05) is 9.13 Å². The average molecular weight is 442 g/mol. The predicted molar refractivity (Wildman–Crippen MR) is 121 cm³/mol. The van der Waals surface area contributed by atoms with Crippen LogP contribution in [0.2, 0.25) is 0 Å². The van der Waals surface area contributed by atoms with Gasteiger partial charge < -0.3 is 10.3 Å². The molecule has 0 radical (unpaired) electrons. The zero-order valence-corrected chi connectivity index (χ0v) is 18.4. The summed E-state index contributed by atoms with van der Waals surface area (Å²) in [5.41, 5.74) is 8.64. The number of imidazole rings is 1. The van der Waals surface area contributed by atoms with Crippen molar-refractivity contribution in [2.75, 3.05) is 11.5 Å². The van der Waals surface area contributed by atoms with Gasteiger partial charge in [-0.2, -0.15) is 0 Å². The highest BCUT2D eigenvalue weighted by Gasteiger charge is 2.23. The van der Waals surface area contributed by atoms with Gasteiger partial charge in [0, 0.05) is 23.7 Å². The molecule has 0 fully saturated rings. The van der Waals surface area contributed by atoms with Crippen LogP contribution in [-0.4, -0.2) is 34.8 Å². The Labute approximate surface area is 181 Å². The summed E-state index contributed by atoms with van der Waals surface area (Å²) in [6, 6.07) is 0. The molecule has 0 saturated carbocycles. The molecule has 0 unspecified atom stereocenters. The minimum atomic E-state index is 0.136. The van der Waals surface area contributed by atoms with Gasteiger partial charge in [0.05, 0.1) is 11.7 Å². The molecule has 0 saturated heterocycles. The van der Waals surface area contributed by atoms with Crippen molar-refractivity contribution in [1.29, 1.82) is 0 Å². The molecule has 156 valence electrons. The number of hydrogen-bond donors (Lipinski definition) is 1. The summed E-state index contributed by atoms with van der Waals surface area (Å²) in [4.78, 5) is 33.0. The summed E-state index contributed by atoms with van der Waals surface area (Å²) >= 11 is 3.36. The van der Waals surface area contributed by atoms with E-state index in [0.717, 1.165) is 65.4 Å². The standard InChI is InChI=1S/C20H23N7OS2/c1-2-7-27-19(28)14-12-5-3-6-13(12)30-18(14)25-20(27)29-9-4-8-26-11-24-15-16(21)22-10-23-17(15)26/h10-11H,2-9H2,1H3,(H2,21,22,23). The third kappa shape index (κ3) is 3.27. The summed E-state index contributed by atoms with van der Waals surface area (Å²) in [6.07, 6.45) is 8.28. The lowest BCUT2D eigenvalue weighted by Crippen LogP contribution is -2.23. The Morgan fingerprint density at radius 1 is 1.23 bits per heavy atom. The van der Waals surface area contributed by atoms with E-state index in [9.17, 15) is 4.79 Å². The Balaban J connectivity index is 1.35. The highest BCUT2D eigenvalue weighted by atomic mass is 32.2. The van der Waals surface area contributed by atoms with Crippen molar-refractivity contribution in [3.8, 4) is 0 Å². The van der Waals surface area contributed by atoms with Crippen LogP contribution >= 0.6 is 23.1 Å². The Bertz CT molecular complexity index is 1290. The van der Waals surface area contributed by atoms with Crippen molar-refractivity contribution in [2.45, 2.75) is 57.3 Å². The normalized spacial score (nSPS) is 13.5. The number of fused-ring (bicyclic) bond motifs is 4. The number of anilines is 1. The van der Waals surface area contributed by atoms with Gasteiger partial charge in [-0.05, 0) is 37.7 Å². The molecule has 5 rings (SSSR count). The molecule has 4 aromatic rings. The summed E-state index contributed by atoms with van der Waals surface area (Å²) in [5, 5.41) is 1.70. The molecule has 8 nitrogen and oxygen atoms in total. The topological polar surface area (TPSA) is 105 Å². The van der Waals surface area contributed by atoms with Crippen LogP contribution in [0.5, 0.6) is 0 Å². The number of hydrogen-bond acceptors (Lipinski definition) is 8. The van der Waals surface area contributed by atoms with Crippen LogP contribution in [0, 0.1) is 0 Å². The maximum Gasteiger partial charge on any atom is 0.263 e. The summed E-state index contributed by atoms with van der Waals surface area (Å²) in [5.74, 6) is 1.25. The number of nitrogens with two attached hydrogens (primary N) is 1. The molecule has 0 bridgehead atoms. The van der Waals surface area contributed by atoms with Crippen LogP contribution in [0.25, 0.3) is 21.4 Å². The zero-order chi connectivity index (χ0) is 20.7. The molecule has 30 heavy (non-hydrogen) atoms. The molecule has 0 spiro atoms. The van der Waals surface area contributed by atoms with E-state index in [1.165, 1.54) is 16.8 Å². The Hall–Kier alpha value is -2.46. The van der Waals surface area contributed by atoms with Crippen LogP contribution < -0.4 is 11.3 Å². The van der Waals surface area contributed by atoms with Crippen molar-refractivity contribution in [3.05, 3.63) is 33.4 Å². The quantitative estimate of drug-likeness (QED) is 0.267. The second-order valence-electron chi connectivity index (χ2n) is 7.46. The zero-order valence-electron chi connectivity index (χ0n) is 16.8. The first-order valence-corrected chi connectivity index (χ1v) is 12.1. The largest absolute Gasteiger partial charge is 0.382 e. The van der Waals surface area contributed by atoms with Gasteiger partial charge in [-0.1, -0.05) is 18.7 Å². The summed E-state index contributed by atoms with van der Waals surface area (Å²) in [6.45, 7) is 3.57. The molecular weight excluding hydrogens is 418 g/mol. The fraction of sp³-hybridized carbons (Fsp3) is 0.450. The molecule has 10 heteroatoms. The van der Waals surface area contributed by atoms with E-state index < -0.39 is 0 Å². The fourth-order valence-corrected chi connectivity index (χ4v) is 6.30. The number of thiophene rings is 1. The lowest BCUT2D eigenvalue weighted by molar-refractivity contribution is 0.584. The smallest absolute Gasteiger partial charge is 0.263 e. The SMILES string of the molecule is CCCn1c(SCCCn2cnc3c(N)ncnc32)nc2sc3c(c2c1=O)CCC3. The lowest BCUT2D eigenvalue weighted by atomic mass is 10.2. The van der Waals surface area contributed by atoms with Crippen molar-refractivity contribution in [1.82, 2.24) is 29.1 Å². The van der Waals surface area contributed by atoms with E-state index in [1.54, 1.807) is 29.4 Å². The Morgan fingerprint density at radius 2 is 2.13 bits per heavy atom. The van der Waals surface area contributed by atoms with Gasteiger partial charge in [0.2, 0.25) is 0 Å². The van der Waals surface area contributed by atoms with E-state index in [-0.39, 0.29) is 5.56 Å². The molecule has 0 aromatic carbocycles. The number of rotatable bonds is 7. The number of nitrogens with zero attached hydrogens (tertiary/aromatic N) is 6. The molecule has 4 aromatic heterocycles. The van der Waals surface area contributed by atoms with Crippen LogP contribution in [0.4, 0.5) is 5.82 Å². The third-order valence-corrected chi connectivity index (χ3v) is 7.69. The monoisotopic (exact) mass is 441 g/mol. The Morgan fingerprint density at radius 3 is 3.00 bits per heavy atom. The minimum Gasteiger partial charge on any atom is -0.382 e. The number of nitrogen functional groups attached to an aromatic ring is 1. The van der Waals surface area contributed by atoms with Gasteiger partial charge in [-0.15, -0.1) is 11.3 Å². The molecule has 0 aliphatic heterocycles. The van der Waals surface area contributed by atoms with Gasteiger partial charge in [0.25, 0.3) is 5.56 Å². The molecule has 1 aliphatic rings. The van der Waals surface area contributed by atoms with Crippen molar-refractivity contribution >= 4 is 50.3 Å². The first-order valence-electron chi connectivity index (χ1n) is 10.3. The predicted octanol–water partition coefficient (Wildman–Crippen LogP) is 3.26. The van der Waals surface area contributed by atoms with Crippen molar-refractivity contribution in [3.63, 3.8) is 0 Å². The van der Waals surface area contributed by atoms with Gasteiger partial charge in [0.15, 0.2) is 16.6 Å². The number of aryl methyl sites for hydroxylation is 3. The number of aromatic nitrogens is 6. The van der Waals surface area contributed by atoms with E-state index in [4.69, 9.17) is 10.7 Å². The molecule has 0 amide bonds. The molecule has 4 heterocycles. The lowest BCUT2D eigenvalue weighted by Gasteiger charge is -2.11. The second kappa shape index (κ2) is 7.99. The van der Waals surface area contributed by atoms with Crippen molar-refractivity contribution in [2.24, 2.45) is 0 Å². The first kappa shape index (κ1) is 19.5. The first-order chi connectivity index (χ1) is 14.7. The van der Waals surface area contributed by atoms with Crippen LogP contribution in [0.3, 0.4) is 0 Å². The fourth-order valence-electron chi connectivity index (χ4n) is 4.05. The number of thioether (sulfide) groups is 1. The molecular formula is C20H23N7OS2. The minimum absolute atomic E-state index is 0.136. The van der Waals surface area contributed by atoms with Crippen LogP contribution in [-0.2, 0) is 25.9 Å². The van der Waals surface area contributed by atoms with Gasteiger partial charge in [-0.25, -0.2) is 19.9 Å². The summed E-state index contributed by atoms with van der Waals surface area (Å²) < 4.78 is 3.87. The summed E-state index contributed by atoms with van der Waals surface area (Å²) in [7, 11) is 0. The highest BCUT2D eigenvalue weighted by molar-refractivity contribution is 7.99. The van der Waals surface area contributed by atoms with E-state index in [2.05, 4.69) is 21.9 Å². The Kier molecular flexibility index (Phi) is 5.20. The molecule has 2 N–H and O–H groups in total. The van der Waals surface area contributed by atoms with E-state index >= 15 is 0 Å². The van der Waals surface area contributed by atoms with Crippen molar-refractivity contribution < 1.29 is 0 Å². The maximum atomic E-state index is 13.2. The van der Waals surface area contributed by atoms with Gasteiger partial charge in [0.1, 0.15) is 16.7 Å². The average Bonchev–Trinajstić information content (AvgIpc) is 3.43. The highest BCUT2D eigenvalue weighted by Crippen LogP contribution is 2.35. The van der Waals surface area contributed by atoms with Gasteiger partial charge in [-0.3, -0.25) is 9.36 Å². The third-order valence-electron chi connectivity index (χ3n) is 5.44. The molecule has 0 atom stereocenters. The van der Waals surface area contributed by atoms with Crippen LogP contribution in [0.1, 0.15) is 36.6 Å². The van der Waals surface area contributed by atoms with Gasteiger partial charge >= 0.3 is 0 Å². The van der Waals surface area contributed by atoms with E-state index in [0.29, 0.717) is 17.9 Å². The van der Waals surface area contributed by atoms with Crippen LogP contribution in [0.15, 0.2) is 22.6 Å².